The van der Waals surface area contributed by atoms with Crippen LogP contribution >= 0.6 is 0 Å². The fraction of sp³-hybridized carbons (Fsp3) is 0.400. The monoisotopic (exact) mass is 558 g/mol. The zero-order valence-electron chi connectivity index (χ0n) is 23.8. The SMILES string of the molecule is CC(=O)N1CCN(Cc2cc3cc(Oc4ccc(-c5ccnn5COCC[Si](C)(C)C)cn4)ccc3cn2)CC1. The minimum atomic E-state index is -1.12. The number of hydrogen-bond donors (Lipinski definition) is 0. The minimum Gasteiger partial charge on any atom is -0.439 e. The number of amides is 1. The summed E-state index contributed by atoms with van der Waals surface area (Å²) in [6, 6.07) is 15.1. The molecule has 0 atom stereocenters. The number of pyridine rings is 2. The van der Waals surface area contributed by atoms with E-state index in [0.29, 0.717) is 12.6 Å². The molecule has 5 rings (SSSR count). The molecule has 0 aliphatic carbocycles. The maximum atomic E-state index is 11.6. The van der Waals surface area contributed by atoms with E-state index >= 15 is 0 Å². The molecule has 0 spiro atoms. The van der Waals surface area contributed by atoms with Gasteiger partial charge in [0.05, 0.1) is 11.4 Å². The largest absolute Gasteiger partial charge is 0.439 e. The molecule has 0 radical (unpaired) electrons. The summed E-state index contributed by atoms with van der Waals surface area (Å²) in [6.45, 7) is 13.9. The molecule has 0 saturated carbocycles. The molecule has 0 N–H and O–H groups in total. The molecular formula is C30H38N6O3Si. The Morgan fingerprint density at radius 3 is 2.50 bits per heavy atom. The highest BCUT2D eigenvalue weighted by Gasteiger charge is 2.19. The van der Waals surface area contributed by atoms with Crippen molar-refractivity contribution in [1.82, 2.24) is 29.5 Å². The summed E-state index contributed by atoms with van der Waals surface area (Å²) in [7, 11) is -1.12. The number of fused-ring (bicyclic) bond motifs is 1. The molecule has 10 heteroatoms. The van der Waals surface area contributed by atoms with Gasteiger partial charge in [-0.3, -0.25) is 14.7 Å². The summed E-state index contributed by atoms with van der Waals surface area (Å²) in [4.78, 5) is 25.0. The van der Waals surface area contributed by atoms with Crippen molar-refractivity contribution < 1.29 is 14.3 Å². The molecule has 1 amide bonds. The zero-order valence-corrected chi connectivity index (χ0v) is 24.8. The van der Waals surface area contributed by atoms with Crippen LogP contribution < -0.4 is 4.74 Å². The van der Waals surface area contributed by atoms with E-state index in [9.17, 15) is 4.79 Å². The van der Waals surface area contributed by atoms with Gasteiger partial charge in [0, 0.05) is 89.9 Å². The van der Waals surface area contributed by atoms with Crippen molar-refractivity contribution in [2.45, 2.75) is 45.9 Å². The first kappa shape index (κ1) is 27.9. The second-order valence-corrected chi connectivity index (χ2v) is 17.1. The van der Waals surface area contributed by atoms with E-state index in [1.165, 1.54) is 0 Å². The number of benzene rings is 1. The van der Waals surface area contributed by atoms with Gasteiger partial charge in [-0.2, -0.15) is 5.10 Å². The van der Waals surface area contributed by atoms with Gasteiger partial charge in [-0.25, -0.2) is 9.67 Å². The third-order valence-electron chi connectivity index (χ3n) is 7.13. The van der Waals surface area contributed by atoms with Crippen LogP contribution in [-0.2, 0) is 22.8 Å². The van der Waals surface area contributed by atoms with Gasteiger partial charge in [0.15, 0.2) is 0 Å². The summed E-state index contributed by atoms with van der Waals surface area (Å²) in [5.74, 6) is 1.39. The van der Waals surface area contributed by atoms with Gasteiger partial charge in [0.1, 0.15) is 12.5 Å². The van der Waals surface area contributed by atoms with E-state index < -0.39 is 8.07 Å². The second kappa shape index (κ2) is 12.3. The van der Waals surface area contributed by atoms with Crippen LogP contribution in [0.2, 0.25) is 25.7 Å². The van der Waals surface area contributed by atoms with Gasteiger partial charge in [-0.1, -0.05) is 19.6 Å². The molecule has 1 aliphatic heterocycles. The maximum absolute atomic E-state index is 11.6. The Labute approximate surface area is 236 Å². The molecule has 1 aliphatic rings. The van der Waals surface area contributed by atoms with Crippen molar-refractivity contribution in [3.8, 4) is 22.9 Å². The standard InChI is InChI=1S/C30H38N6O3Si/c1-23(37)35-13-11-34(12-14-35)21-27-17-26-18-28(7-5-24(26)19-31-27)39-30-8-6-25(20-32-30)29-9-10-33-36(29)22-38-15-16-40(2,3)4/h5-10,17-20H,11-16,21-22H2,1-4H3. The summed E-state index contributed by atoms with van der Waals surface area (Å²) < 4.78 is 13.8. The van der Waals surface area contributed by atoms with Crippen LogP contribution in [0.15, 0.2) is 61.1 Å². The van der Waals surface area contributed by atoms with Crippen LogP contribution in [0.3, 0.4) is 0 Å². The Hall–Kier alpha value is -3.60. The number of ether oxygens (including phenoxy) is 2. The average molecular weight is 559 g/mol. The number of aromatic nitrogens is 4. The zero-order chi connectivity index (χ0) is 28.1. The fourth-order valence-corrected chi connectivity index (χ4v) is 5.44. The van der Waals surface area contributed by atoms with Crippen molar-refractivity contribution >= 4 is 24.8 Å². The molecule has 0 unspecified atom stereocenters. The highest BCUT2D eigenvalue weighted by atomic mass is 28.3. The Bertz CT molecular complexity index is 1440. The van der Waals surface area contributed by atoms with Gasteiger partial charge in [-0.15, -0.1) is 0 Å². The smallest absolute Gasteiger partial charge is 0.219 e. The molecule has 1 aromatic carbocycles. The van der Waals surface area contributed by atoms with Crippen LogP contribution in [0, 0.1) is 0 Å². The van der Waals surface area contributed by atoms with Gasteiger partial charge in [0.25, 0.3) is 0 Å². The average Bonchev–Trinajstić information content (AvgIpc) is 3.40. The summed E-state index contributed by atoms with van der Waals surface area (Å²) >= 11 is 0. The molecule has 4 aromatic rings. The van der Waals surface area contributed by atoms with Crippen molar-refractivity contribution in [2.24, 2.45) is 0 Å². The Kier molecular flexibility index (Phi) is 8.58. The predicted molar refractivity (Wildman–Crippen MR) is 159 cm³/mol. The summed E-state index contributed by atoms with van der Waals surface area (Å²) in [5.41, 5.74) is 2.92. The fourth-order valence-electron chi connectivity index (χ4n) is 4.69. The Morgan fingerprint density at radius 1 is 0.950 bits per heavy atom. The maximum Gasteiger partial charge on any atom is 0.219 e. The highest BCUT2D eigenvalue weighted by molar-refractivity contribution is 6.76. The first-order valence-corrected chi connectivity index (χ1v) is 17.5. The van der Waals surface area contributed by atoms with Crippen LogP contribution in [0.25, 0.3) is 22.0 Å². The van der Waals surface area contributed by atoms with Gasteiger partial charge in [-0.05, 0) is 47.8 Å². The molecule has 9 nitrogen and oxygen atoms in total. The van der Waals surface area contributed by atoms with Crippen molar-refractivity contribution in [2.75, 3.05) is 32.8 Å². The van der Waals surface area contributed by atoms with Crippen molar-refractivity contribution in [3.63, 3.8) is 0 Å². The number of rotatable bonds is 10. The van der Waals surface area contributed by atoms with Gasteiger partial charge in [0.2, 0.25) is 11.8 Å². The molecule has 4 heterocycles. The predicted octanol–water partition coefficient (Wildman–Crippen LogP) is 5.26. The van der Waals surface area contributed by atoms with Gasteiger partial charge < -0.3 is 14.4 Å². The lowest BCUT2D eigenvalue weighted by molar-refractivity contribution is -0.130. The van der Waals surface area contributed by atoms with E-state index in [1.807, 2.05) is 52.2 Å². The minimum absolute atomic E-state index is 0.143. The van der Waals surface area contributed by atoms with Crippen LogP contribution in [0.5, 0.6) is 11.6 Å². The summed E-state index contributed by atoms with van der Waals surface area (Å²) in [6.07, 6.45) is 5.50. The number of carbonyl (C=O) groups excluding carboxylic acids is 1. The van der Waals surface area contributed by atoms with Crippen LogP contribution in [0.4, 0.5) is 0 Å². The third-order valence-corrected chi connectivity index (χ3v) is 8.84. The third kappa shape index (κ3) is 7.32. The molecule has 1 fully saturated rings. The van der Waals surface area contributed by atoms with Crippen LogP contribution in [-0.4, -0.2) is 76.3 Å². The second-order valence-electron chi connectivity index (χ2n) is 11.5. The quantitative estimate of drug-likeness (QED) is 0.194. The highest BCUT2D eigenvalue weighted by Crippen LogP contribution is 2.27. The number of nitrogens with zero attached hydrogens (tertiary/aromatic N) is 6. The topological polar surface area (TPSA) is 85.6 Å². The molecule has 210 valence electrons. The van der Waals surface area contributed by atoms with E-state index in [1.54, 1.807) is 19.3 Å². The number of hydrogen-bond acceptors (Lipinski definition) is 7. The molecular weight excluding hydrogens is 520 g/mol. The van der Waals surface area contributed by atoms with Crippen molar-refractivity contribution in [3.05, 3.63) is 66.7 Å². The lowest BCUT2D eigenvalue weighted by atomic mass is 10.1. The van der Waals surface area contributed by atoms with E-state index in [4.69, 9.17) is 9.47 Å². The van der Waals surface area contributed by atoms with E-state index in [-0.39, 0.29) is 5.91 Å². The Morgan fingerprint density at radius 2 is 1.77 bits per heavy atom. The first-order chi connectivity index (χ1) is 19.2. The Balaban J connectivity index is 1.20. The van der Waals surface area contributed by atoms with Crippen LogP contribution in [0.1, 0.15) is 12.6 Å². The van der Waals surface area contributed by atoms with Gasteiger partial charge >= 0.3 is 0 Å². The summed E-state index contributed by atoms with van der Waals surface area (Å²) in [5, 5.41) is 6.55. The first-order valence-electron chi connectivity index (χ1n) is 13.8. The van der Waals surface area contributed by atoms with E-state index in [0.717, 1.165) is 78.8 Å². The molecule has 3 aromatic heterocycles. The lowest BCUT2D eigenvalue weighted by Gasteiger charge is -2.33. The molecule has 1 saturated heterocycles. The number of piperazine rings is 1. The van der Waals surface area contributed by atoms with Crippen molar-refractivity contribution in [1.29, 1.82) is 0 Å². The normalized spacial score (nSPS) is 14.6. The molecule has 0 bridgehead atoms. The molecule has 40 heavy (non-hydrogen) atoms. The number of carbonyl (C=O) groups is 1. The lowest BCUT2D eigenvalue weighted by Crippen LogP contribution is -2.47. The van der Waals surface area contributed by atoms with E-state index in [2.05, 4.69) is 45.7 Å².